The molecule has 0 saturated carbocycles. The molecule has 3 rings (SSSR count). The second-order valence-corrected chi connectivity index (χ2v) is 6.35. The number of anilines is 1. The molecular weight excluding hydrogens is 337 g/mol. The van der Waals surface area contributed by atoms with E-state index in [4.69, 9.17) is 12.2 Å². The van der Waals surface area contributed by atoms with E-state index in [1.165, 1.54) is 12.1 Å². The van der Waals surface area contributed by atoms with Gasteiger partial charge in [0.1, 0.15) is 5.82 Å². The van der Waals surface area contributed by atoms with Crippen LogP contribution in [0.2, 0.25) is 0 Å². The molecule has 0 aliphatic carbocycles. The van der Waals surface area contributed by atoms with Crippen LogP contribution in [0, 0.1) is 12.7 Å². The van der Waals surface area contributed by atoms with Crippen molar-refractivity contribution >= 4 is 28.9 Å². The molecule has 2 aromatic carbocycles. The third kappa shape index (κ3) is 3.85. The molecule has 0 radical (unpaired) electrons. The van der Waals surface area contributed by atoms with Crippen LogP contribution in [-0.2, 0) is 4.79 Å². The molecular formula is C19H18FN3OS. The zero-order valence-corrected chi connectivity index (χ0v) is 14.7. The van der Waals surface area contributed by atoms with E-state index in [2.05, 4.69) is 16.0 Å². The second-order valence-electron chi connectivity index (χ2n) is 5.95. The molecule has 1 aliphatic rings. The molecule has 1 aliphatic heterocycles. The van der Waals surface area contributed by atoms with Gasteiger partial charge in [-0.05, 0) is 61.5 Å². The zero-order chi connectivity index (χ0) is 18.0. The van der Waals surface area contributed by atoms with E-state index in [1.54, 1.807) is 19.1 Å². The monoisotopic (exact) mass is 355 g/mol. The van der Waals surface area contributed by atoms with Gasteiger partial charge in [-0.1, -0.05) is 24.3 Å². The first-order chi connectivity index (χ1) is 11.9. The van der Waals surface area contributed by atoms with Crippen molar-refractivity contribution < 1.29 is 9.18 Å². The minimum atomic E-state index is -0.445. The molecule has 1 amide bonds. The molecule has 25 heavy (non-hydrogen) atoms. The SMILES string of the molecule is CC1=C(C(=O)Nc2cccc(C)c2)C(c2ccc(F)cc2)NC(=S)N1. The Bertz CT molecular complexity index is 861. The lowest BCUT2D eigenvalue weighted by Gasteiger charge is -2.30. The lowest BCUT2D eigenvalue weighted by atomic mass is 9.95. The van der Waals surface area contributed by atoms with E-state index >= 15 is 0 Å². The second kappa shape index (κ2) is 7.03. The van der Waals surface area contributed by atoms with Gasteiger partial charge in [0.2, 0.25) is 0 Å². The number of nitrogens with one attached hydrogen (secondary N) is 3. The van der Waals surface area contributed by atoms with Gasteiger partial charge in [-0.15, -0.1) is 0 Å². The Balaban J connectivity index is 1.94. The van der Waals surface area contributed by atoms with Crippen LogP contribution in [0.3, 0.4) is 0 Å². The molecule has 0 spiro atoms. The first kappa shape index (κ1) is 17.1. The number of halogens is 1. The number of carbonyl (C=O) groups is 1. The molecule has 0 aromatic heterocycles. The molecule has 1 atom stereocenters. The number of hydrogen-bond donors (Lipinski definition) is 3. The maximum atomic E-state index is 13.2. The van der Waals surface area contributed by atoms with Crippen molar-refractivity contribution in [1.82, 2.24) is 10.6 Å². The Hall–Kier alpha value is -2.73. The highest BCUT2D eigenvalue weighted by atomic mass is 32.1. The lowest BCUT2D eigenvalue weighted by Crippen LogP contribution is -2.45. The Morgan fingerprint density at radius 2 is 1.88 bits per heavy atom. The fourth-order valence-electron chi connectivity index (χ4n) is 2.82. The number of aryl methyl sites for hydroxylation is 1. The van der Waals surface area contributed by atoms with Crippen molar-refractivity contribution in [1.29, 1.82) is 0 Å². The summed E-state index contributed by atoms with van der Waals surface area (Å²) in [5, 5.41) is 9.42. The van der Waals surface area contributed by atoms with E-state index in [0.29, 0.717) is 16.4 Å². The third-order valence-corrected chi connectivity index (χ3v) is 4.21. The minimum absolute atomic E-state index is 0.236. The van der Waals surface area contributed by atoms with E-state index in [-0.39, 0.29) is 11.7 Å². The van der Waals surface area contributed by atoms with Crippen molar-refractivity contribution in [3.8, 4) is 0 Å². The summed E-state index contributed by atoms with van der Waals surface area (Å²) in [6, 6.07) is 13.2. The van der Waals surface area contributed by atoms with Crippen molar-refractivity contribution in [2.75, 3.05) is 5.32 Å². The third-order valence-electron chi connectivity index (χ3n) is 3.99. The number of rotatable bonds is 3. The Labute approximate surface area is 151 Å². The van der Waals surface area contributed by atoms with E-state index in [0.717, 1.165) is 16.8 Å². The largest absolute Gasteiger partial charge is 0.351 e. The van der Waals surface area contributed by atoms with Gasteiger partial charge in [0.25, 0.3) is 5.91 Å². The number of allylic oxidation sites excluding steroid dienone is 1. The Morgan fingerprint density at radius 3 is 2.56 bits per heavy atom. The minimum Gasteiger partial charge on any atom is -0.351 e. The fourth-order valence-corrected chi connectivity index (χ4v) is 3.09. The number of hydrogen-bond acceptors (Lipinski definition) is 2. The molecule has 1 heterocycles. The molecule has 0 fully saturated rings. The van der Waals surface area contributed by atoms with E-state index in [1.807, 2.05) is 31.2 Å². The molecule has 0 bridgehead atoms. The first-order valence-corrected chi connectivity index (χ1v) is 8.26. The smallest absolute Gasteiger partial charge is 0.255 e. The van der Waals surface area contributed by atoms with Crippen molar-refractivity contribution in [2.45, 2.75) is 19.9 Å². The maximum Gasteiger partial charge on any atom is 0.255 e. The summed E-state index contributed by atoms with van der Waals surface area (Å²) in [6.45, 7) is 3.76. The molecule has 128 valence electrons. The Kier molecular flexibility index (Phi) is 4.81. The van der Waals surface area contributed by atoms with Crippen LogP contribution in [0.4, 0.5) is 10.1 Å². The summed E-state index contributed by atoms with van der Waals surface area (Å²) in [5.41, 5.74) is 3.72. The standard InChI is InChI=1S/C19H18FN3OS/c1-11-4-3-5-15(10-11)22-18(24)16-12(2)21-19(25)23-17(16)13-6-8-14(20)9-7-13/h3-10,17H,1-2H3,(H,22,24)(H2,21,23,25). The Morgan fingerprint density at radius 1 is 1.16 bits per heavy atom. The summed E-state index contributed by atoms with van der Waals surface area (Å²) < 4.78 is 13.2. The van der Waals surface area contributed by atoms with E-state index in [9.17, 15) is 9.18 Å². The first-order valence-electron chi connectivity index (χ1n) is 7.86. The molecule has 6 heteroatoms. The van der Waals surface area contributed by atoms with Crippen LogP contribution >= 0.6 is 12.2 Å². The molecule has 3 N–H and O–H groups in total. The highest BCUT2D eigenvalue weighted by molar-refractivity contribution is 7.80. The van der Waals surface area contributed by atoms with E-state index < -0.39 is 6.04 Å². The quantitative estimate of drug-likeness (QED) is 0.737. The molecule has 1 unspecified atom stereocenters. The van der Waals surface area contributed by atoms with Gasteiger partial charge in [-0.25, -0.2) is 4.39 Å². The van der Waals surface area contributed by atoms with Crippen LogP contribution in [0.15, 0.2) is 59.8 Å². The van der Waals surface area contributed by atoms with Crippen molar-refractivity contribution in [3.05, 3.63) is 76.7 Å². The molecule has 0 saturated heterocycles. The van der Waals surface area contributed by atoms with Crippen LogP contribution < -0.4 is 16.0 Å². The molecule has 2 aromatic rings. The lowest BCUT2D eigenvalue weighted by molar-refractivity contribution is -0.113. The highest BCUT2D eigenvalue weighted by Gasteiger charge is 2.29. The van der Waals surface area contributed by atoms with Gasteiger partial charge in [0.15, 0.2) is 5.11 Å². The fraction of sp³-hybridized carbons (Fsp3) is 0.158. The van der Waals surface area contributed by atoms with Crippen LogP contribution in [-0.4, -0.2) is 11.0 Å². The summed E-state index contributed by atoms with van der Waals surface area (Å²) in [4.78, 5) is 12.9. The maximum absolute atomic E-state index is 13.2. The zero-order valence-electron chi connectivity index (χ0n) is 13.9. The summed E-state index contributed by atoms with van der Waals surface area (Å²) in [7, 11) is 0. The van der Waals surface area contributed by atoms with Gasteiger partial charge in [-0.2, -0.15) is 0 Å². The van der Waals surface area contributed by atoms with Crippen LogP contribution in [0.25, 0.3) is 0 Å². The van der Waals surface area contributed by atoms with Gasteiger partial charge in [-0.3, -0.25) is 4.79 Å². The van der Waals surface area contributed by atoms with Crippen molar-refractivity contribution in [3.63, 3.8) is 0 Å². The molecule has 4 nitrogen and oxygen atoms in total. The summed E-state index contributed by atoms with van der Waals surface area (Å²) >= 11 is 5.21. The summed E-state index contributed by atoms with van der Waals surface area (Å²) in [5.74, 6) is -0.563. The van der Waals surface area contributed by atoms with Gasteiger partial charge >= 0.3 is 0 Å². The number of thiocarbonyl (C=S) groups is 1. The van der Waals surface area contributed by atoms with Gasteiger partial charge in [0.05, 0.1) is 11.6 Å². The predicted molar refractivity (Wildman–Crippen MR) is 101 cm³/mol. The van der Waals surface area contributed by atoms with Gasteiger partial charge < -0.3 is 16.0 Å². The van der Waals surface area contributed by atoms with Crippen LogP contribution in [0.5, 0.6) is 0 Å². The van der Waals surface area contributed by atoms with Crippen molar-refractivity contribution in [2.24, 2.45) is 0 Å². The topological polar surface area (TPSA) is 53.2 Å². The number of amides is 1. The average molecular weight is 355 g/mol. The highest BCUT2D eigenvalue weighted by Crippen LogP contribution is 2.28. The summed E-state index contributed by atoms with van der Waals surface area (Å²) in [6.07, 6.45) is 0. The predicted octanol–water partition coefficient (Wildman–Crippen LogP) is 3.57. The number of benzene rings is 2. The van der Waals surface area contributed by atoms with Crippen LogP contribution in [0.1, 0.15) is 24.1 Å². The normalized spacial score (nSPS) is 16.9. The van der Waals surface area contributed by atoms with Gasteiger partial charge in [0, 0.05) is 11.4 Å². The average Bonchev–Trinajstić information content (AvgIpc) is 2.54. The number of carbonyl (C=O) groups excluding carboxylic acids is 1.